The highest BCUT2D eigenvalue weighted by molar-refractivity contribution is 5.93. The van der Waals surface area contributed by atoms with Crippen molar-refractivity contribution in [2.45, 2.75) is 6.42 Å². The maximum Gasteiger partial charge on any atom is 0.271 e. The summed E-state index contributed by atoms with van der Waals surface area (Å²) in [5, 5.41) is 7.16. The summed E-state index contributed by atoms with van der Waals surface area (Å²) in [6.45, 7) is 1.10. The van der Waals surface area contributed by atoms with Crippen LogP contribution in [-0.2, 0) is 6.42 Å². The number of benzene rings is 1. The SMILES string of the molecule is COc1ccc2c(c1)OC[C@H](CNC(=O)c1cc3ncccn3n1)C2. The molecular formula is C18H18N4O3. The number of nitrogens with one attached hydrogen (secondary N) is 1. The summed E-state index contributed by atoms with van der Waals surface area (Å²) in [4.78, 5) is 16.5. The Hall–Kier alpha value is -3.09. The molecule has 4 rings (SSSR count). The summed E-state index contributed by atoms with van der Waals surface area (Å²) in [5.74, 6) is 1.66. The molecule has 0 fully saturated rings. The van der Waals surface area contributed by atoms with E-state index in [-0.39, 0.29) is 11.8 Å². The third-order valence-electron chi connectivity index (χ3n) is 4.28. The van der Waals surface area contributed by atoms with Gasteiger partial charge in [-0.2, -0.15) is 5.10 Å². The van der Waals surface area contributed by atoms with Crippen LogP contribution in [0.5, 0.6) is 11.5 Å². The van der Waals surface area contributed by atoms with Gasteiger partial charge in [0.25, 0.3) is 5.91 Å². The van der Waals surface area contributed by atoms with Crippen LogP contribution in [0.4, 0.5) is 0 Å². The third-order valence-corrected chi connectivity index (χ3v) is 4.28. The van der Waals surface area contributed by atoms with Crippen LogP contribution in [0, 0.1) is 5.92 Å². The van der Waals surface area contributed by atoms with Crippen LogP contribution >= 0.6 is 0 Å². The largest absolute Gasteiger partial charge is 0.497 e. The summed E-state index contributed by atoms with van der Waals surface area (Å²) < 4.78 is 12.6. The van der Waals surface area contributed by atoms with Gasteiger partial charge in [0.2, 0.25) is 0 Å². The first-order valence-corrected chi connectivity index (χ1v) is 8.11. The van der Waals surface area contributed by atoms with Crippen LogP contribution in [0.25, 0.3) is 5.65 Å². The van der Waals surface area contributed by atoms with E-state index in [1.807, 2.05) is 18.2 Å². The quantitative estimate of drug-likeness (QED) is 0.784. The van der Waals surface area contributed by atoms with Gasteiger partial charge in [0.1, 0.15) is 11.5 Å². The zero-order valence-corrected chi connectivity index (χ0v) is 13.8. The van der Waals surface area contributed by atoms with Gasteiger partial charge in [-0.25, -0.2) is 9.50 Å². The van der Waals surface area contributed by atoms with Crippen molar-refractivity contribution < 1.29 is 14.3 Å². The molecule has 3 aromatic rings. The number of hydrogen-bond donors (Lipinski definition) is 1. The Labute approximate surface area is 144 Å². The number of carbonyl (C=O) groups is 1. The summed E-state index contributed by atoms with van der Waals surface area (Å²) in [5.41, 5.74) is 2.14. The van der Waals surface area contributed by atoms with Gasteiger partial charge in [-0.15, -0.1) is 0 Å². The van der Waals surface area contributed by atoms with E-state index in [0.717, 1.165) is 23.5 Å². The van der Waals surface area contributed by atoms with Gasteiger partial charge in [-0.05, 0) is 24.1 Å². The lowest BCUT2D eigenvalue weighted by molar-refractivity contribution is 0.0933. The first-order valence-electron chi connectivity index (χ1n) is 8.11. The topological polar surface area (TPSA) is 77.8 Å². The number of amides is 1. The minimum atomic E-state index is -0.203. The lowest BCUT2D eigenvalue weighted by Gasteiger charge is -2.25. The molecule has 7 nitrogen and oxygen atoms in total. The van der Waals surface area contributed by atoms with E-state index >= 15 is 0 Å². The van der Waals surface area contributed by atoms with E-state index in [2.05, 4.69) is 15.4 Å². The normalized spacial score (nSPS) is 16.1. The van der Waals surface area contributed by atoms with Gasteiger partial charge >= 0.3 is 0 Å². The van der Waals surface area contributed by atoms with E-state index in [4.69, 9.17) is 9.47 Å². The van der Waals surface area contributed by atoms with Gasteiger partial charge in [-0.1, -0.05) is 6.07 Å². The molecule has 3 heterocycles. The molecule has 0 saturated carbocycles. The Morgan fingerprint density at radius 3 is 3.20 bits per heavy atom. The van der Waals surface area contributed by atoms with Crippen molar-refractivity contribution >= 4 is 11.6 Å². The van der Waals surface area contributed by atoms with Gasteiger partial charge in [0.15, 0.2) is 11.3 Å². The van der Waals surface area contributed by atoms with E-state index in [0.29, 0.717) is 24.5 Å². The van der Waals surface area contributed by atoms with Gasteiger partial charge in [0, 0.05) is 37.0 Å². The van der Waals surface area contributed by atoms with E-state index < -0.39 is 0 Å². The lowest BCUT2D eigenvalue weighted by Crippen LogP contribution is -2.35. The standard InChI is InChI=1S/C18H18N4O3/c1-24-14-4-3-13-7-12(11-25-16(13)8-14)10-20-18(23)15-9-17-19-5-2-6-22(17)21-15/h2-6,8-9,12H,7,10-11H2,1H3,(H,20,23)/t12-/m0/s1. The number of carbonyl (C=O) groups excluding carboxylic acids is 1. The fourth-order valence-corrected chi connectivity index (χ4v) is 2.94. The molecule has 1 aliphatic rings. The molecule has 0 bridgehead atoms. The predicted octanol–water partition coefficient (Wildman–Crippen LogP) is 1.72. The number of nitrogens with zero attached hydrogens (tertiary/aromatic N) is 3. The van der Waals surface area contributed by atoms with Crippen molar-refractivity contribution in [1.29, 1.82) is 0 Å². The van der Waals surface area contributed by atoms with Crippen molar-refractivity contribution in [2.24, 2.45) is 5.92 Å². The number of ether oxygens (including phenoxy) is 2. The van der Waals surface area contributed by atoms with Crippen LogP contribution in [0.15, 0.2) is 42.7 Å². The van der Waals surface area contributed by atoms with Crippen LogP contribution in [-0.4, -0.2) is 40.8 Å². The summed E-state index contributed by atoms with van der Waals surface area (Å²) in [6.07, 6.45) is 4.29. The number of rotatable bonds is 4. The maximum atomic E-state index is 12.3. The molecule has 0 unspecified atom stereocenters. The Morgan fingerprint density at radius 1 is 1.44 bits per heavy atom. The average molecular weight is 338 g/mol. The second-order valence-electron chi connectivity index (χ2n) is 6.02. The highest BCUT2D eigenvalue weighted by Gasteiger charge is 2.21. The lowest BCUT2D eigenvalue weighted by atomic mass is 9.96. The highest BCUT2D eigenvalue weighted by atomic mass is 16.5. The molecule has 7 heteroatoms. The minimum Gasteiger partial charge on any atom is -0.497 e. The van der Waals surface area contributed by atoms with Crippen molar-refractivity contribution in [3.63, 3.8) is 0 Å². The maximum absolute atomic E-state index is 12.3. The Kier molecular flexibility index (Phi) is 3.97. The van der Waals surface area contributed by atoms with Crippen LogP contribution in [0.1, 0.15) is 16.1 Å². The zero-order chi connectivity index (χ0) is 17.2. The smallest absolute Gasteiger partial charge is 0.271 e. The first kappa shape index (κ1) is 15.4. The van der Waals surface area contributed by atoms with Gasteiger partial charge in [-0.3, -0.25) is 4.79 Å². The Morgan fingerprint density at radius 2 is 2.36 bits per heavy atom. The zero-order valence-electron chi connectivity index (χ0n) is 13.8. The summed E-state index contributed by atoms with van der Waals surface area (Å²) >= 11 is 0. The fraction of sp³-hybridized carbons (Fsp3) is 0.278. The fourth-order valence-electron chi connectivity index (χ4n) is 2.94. The number of hydrogen-bond acceptors (Lipinski definition) is 5. The molecule has 128 valence electrons. The summed E-state index contributed by atoms with van der Waals surface area (Å²) in [7, 11) is 1.64. The number of fused-ring (bicyclic) bond motifs is 2. The molecule has 1 aromatic carbocycles. The molecule has 1 amide bonds. The number of methoxy groups -OCH3 is 1. The summed E-state index contributed by atoms with van der Waals surface area (Å²) in [6, 6.07) is 9.28. The molecule has 0 aliphatic carbocycles. The highest BCUT2D eigenvalue weighted by Crippen LogP contribution is 2.30. The van der Waals surface area contributed by atoms with Crippen LogP contribution in [0.2, 0.25) is 0 Å². The molecule has 0 spiro atoms. The Balaban J connectivity index is 1.39. The second-order valence-corrected chi connectivity index (χ2v) is 6.02. The Bertz CT molecular complexity index is 889. The molecule has 0 radical (unpaired) electrons. The molecule has 0 saturated heterocycles. The molecule has 25 heavy (non-hydrogen) atoms. The van der Waals surface area contributed by atoms with Crippen molar-refractivity contribution in [3.05, 3.63) is 54.0 Å². The molecule has 1 aliphatic heterocycles. The van der Waals surface area contributed by atoms with Gasteiger partial charge < -0.3 is 14.8 Å². The molecule has 2 aromatic heterocycles. The minimum absolute atomic E-state index is 0.203. The van der Waals surface area contributed by atoms with Crippen LogP contribution in [0.3, 0.4) is 0 Å². The monoisotopic (exact) mass is 338 g/mol. The molecule has 1 N–H and O–H groups in total. The average Bonchev–Trinajstić information content (AvgIpc) is 3.10. The number of aromatic nitrogens is 3. The predicted molar refractivity (Wildman–Crippen MR) is 91.0 cm³/mol. The van der Waals surface area contributed by atoms with Gasteiger partial charge in [0.05, 0.1) is 13.7 Å². The van der Waals surface area contributed by atoms with E-state index in [1.54, 1.807) is 36.2 Å². The van der Waals surface area contributed by atoms with Crippen LogP contribution < -0.4 is 14.8 Å². The first-order chi connectivity index (χ1) is 12.2. The van der Waals surface area contributed by atoms with E-state index in [9.17, 15) is 4.79 Å². The second kappa shape index (κ2) is 6.43. The van der Waals surface area contributed by atoms with Crippen molar-refractivity contribution in [2.75, 3.05) is 20.3 Å². The molecular weight excluding hydrogens is 320 g/mol. The van der Waals surface area contributed by atoms with Crippen molar-refractivity contribution in [3.8, 4) is 11.5 Å². The van der Waals surface area contributed by atoms with Crippen molar-refractivity contribution in [1.82, 2.24) is 19.9 Å². The van der Waals surface area contributed by atoms with E-state index in [1.165, 1.54) is 0 Å². The molecule has 1 atom stereocenters. The third kappa shape index (κ3) is 3.13.